The first kappa shape index (κ1) is 20.0. The van der Waals surface area contributed by atoms with Gasteiger partial charge in [-0.2, -0.15) is 0 Å². The average Bonchev–Trinajstić information content (AvgIpc) is 3.19. The number of Topliss-reactive ketones (excluding diaryl/α,β-unsaturated/α-hetero) is 1. The van der Waals surface area contributed by atoms with E-state index in [0.29, 0.717) is 25.6 Å². The summed E-state index contributed by atoms with van der Waals surface area (Å²) in [5, 5.41) is 11.9. The molecule has 0 amide bonds. The van der Waals surface area contributed by atoms with E-state index in [9.17, 15) is 9.59 Å². The van der Waals surface area contributed by atoms with Gasteiger partial charge in [-0.15, -0.1) is 0 Å². The summed E-state index contributed by atoms with van der Waals surface area (Å²) in [5.41, 5.74) is 7.72. The number of benzene rings is 1. The Bertz CT molecular complexity index is 657. The van der Waals surface area contributed by atoms with Gasteiger partial charge in [-0.05, 0) is 36.8 Å². The Morgan fingerprint density at radius 2 is 1.89 bits per heavy atom. The maximum absolute atomic E-state index is 12.6. The highest BCUT2D eigenvalue weighted by molar-refractivity contribution is 5.89. The first-order valence-corrected chi connectivity index (χ1v) is 10.0. The minimum Gasteiger partial charge on any atom is -0.480 e. The Labute approximate surface area is 160 Å². The molecule has 1 saturated carbocycles. The summed E-state index contributed by atoms with van der Waals surface area (Å²) in [6.07, 6.45) is 7.28. The molecule has 0 bridgehead atoms. The second-order valence-corrected chi connectivity index (χ2v) is 7.73. The SMILES string of the molecule is NC1CCCCC1.O=C(C1CN[C@H](C(=O)O)C1)C1OCCc2ccccc21. The topological polar surface area (TPSA) is 102 Å². The van der Waals surface area contributed by atoms with Crippen LogP contribution in [-0.4, -0.2) is 42.1 Å². The van der Waals surface area contributed by atoms with Gasteiger partial charge in [0.25, 0.3) is 0 Å². The fourth-order valence-corrected chi connectivity index (χ4v) is 4.12. The maximum Gasteiger partial charge on any atom is 0.320 e. The van der Waals surface area contributed by atoms with E-state index in [1.807, 2.05) is 24.3 Å². The number of carboxylic acids is 1. The number of ether oxygens (including phenoxy) is 1. The summed E-state index contributed by atoms with van der Waals surface area (Å²) in [7, 11) is 0. The van der Waals surface area contributed by atoms with E-state index >= 15 is 0 Å². The summed E-state index contributed by atoms with van der Waals surface area (Å²) in [6, 6.07) is 7.72. The van der Waals surface area contributed by atoms with E-state index in [4.69, 9.17) is 15.6 Å². The number of ketones is 1. The van der Waals surface area contributed by atoms with E-state index in [-0.39, 0.29) is 11.7 Å². The molecule has 148 valence electrons. The number of hydrogen-bond donors (Lipinski definition) is 3. The molecule has 1 aromatic rings. The molecule has 6 nitrogen and oxygen atoms in total. The minimum absolute atomic E-state index is 0.00611. The van der Waals surface area contributed by atoms with Gasteiger partial charge in [-0.25, -0.2) is 0 Å². The van der Waals surface area contributed by atoms with Gasteiger partial charge in [-0.3, -0.25) is 9.59 Å². The minimum atomic E-state index is -0.898. The van der Waals surface area contributed by atoms with Crippen LogP contribution in [-0.2, 0) is 20.7 Å². The number of carboxylic acid groups (broad SMARTS) is 1. The van der Waals surface area contributed by atoms with Crippen LogP contribution in [0.1, 0.15) is 55.8 Å². The van der Waals surface area contributed by atoms with Crippen molar-refractivity contribution in [2.75, 3.05) is 13.2 Å². The van der Waals surface area contributed by atoms with Crippen molar-refractivity contribution in [2.24, 2.45) is 11.7 Å². The maximum atomic E-state index is 12.6. The summed E-state index contributed by atoms with van der Waals surface area (Å²) >= 11 is 0. The van der Waals surface area contributed by atoms with Crippen molar-refractivity contribution >= 4 is 11.8 Å². The van der Waals surface area contributed by atoms with E-state index < -0.39 is 18.1 Å². The molecular weight excluding hydrogens is 344 g/mol. The van der Waals surface area contributed by atoms with Crippen LogP contribution < -0.4 is 11.1 Å². The molecule has 4 rings (SSSR count). The van der Waals surface area contributed by atoms with E-state index in [0.717, 1.165) is 17.5 Å². The van der Waals surface area contributed by atoms with Gasteiger partial charge >= 0.3 is 5.97 Å². The van der Waals surface area contributed by atoms with Crippen molar-refractivity contribution in [3.05, 3.63) is 35.4 Å². The number of nitrogens with two attached hydrogens (primary N) is 1. The van der Waals surface area contributed by atoms with Crippen molar-refractivity contribution in [1.82, 2.24) is 5.32 Å². The molecule has 0 spiro atoms. The summed E-state index contributed by atoms with van der Waals surface area (Å²) in [4.78, 5) is 23.5. The van der Waals surface area contributed by atoms with Crippen LogP contribution in [0.2, 0.25) is 0 Å². The number of aliphatic carboxylic acids is 1. The zero-order valence-corrected chi connectivity index (χ0v) is 15.7. The zero-order valence-electron chi connectivity index (χ0n) is 15.7. The van der Waals surface area contributed by atoms with Crippen molar-refractivity contribution in [1.29, 1.82) is 0 Å². The second kappa shape index (κ2) is 9.44. The Morgan fingerprint density at radius 3 is 2.52 bits per heavy atom. The van der Waals surface area contributed by atoms with Crippen LogP contribution in [0.15, 0.2) is 24.3 Å². The van der Waals surface area contributed by atoms with Gasteiger partial charge < -0.3 is 20.9 Å². The molecule has 1 aromatic carbocycles. The Balaban J connectivity index is 0.000000253. The van der Waals surface area contributed by atoms with Crippen molar-refractivity contribution in [3.63, 3.8) is 0 Å². The zero-order chi connectivity index (χ0) is 19.2. The van der Waals surface area contributed by atoms with Crippen molar-refractivity contribution in [3.8, 4) is 0 Å². The van der Waals surface area contributed by atoms with Gasteiger partial charge in [0, 0.05) is 18.5 Å². The second-order valence-electron chi connectivity index (χ2n) is 7.73. The molecule has 1 aliphatic carbocycles. The number of nitrogens with one attached hydrogen (secondary N) is 1. The fraction of sp³-hybridized carbons (Fsp3) is 0.619. The van der Waals surface area contributed by atoms with Crippen LogP contribution in [0, 0.1) is 5.92 Å². The molecule has 4 N–H and O–H groups in total. The monoisotopic (exact) mass is 374 g/mol. The van der Waals surface area contributed by atoms with E-state index in [2.05, 4.69) is 5.32 Å². The first-order valence-electron chi connectivity index (χ1n) is 10.0. The van der Waals surface area contributed by atoms with Crippen molar-refractivity contribution in [2.45, 2.75) is 63.1 Å². The molecule has 3 atom stereocenters. The Kier molecular flexibility index (Phi) is 6.99. The molecule has 3 aliphatic rings. The van der Waals surface area contributed by atoms with Crippen molar-refractivity contribution < 1.29 is 19.4 Å². The number of fused-ring (bicyclic) bond motifs is 1. The molecule has 2 fully saturated rings. The van der Waals surface area contributed by atoms with Gasteiger partial charge in [0.1, 0.15) is 12.1 Å². The average molecular weight is 374 g/mol. The summed E-state index contributed by atoms with van der Waals surface area (Å²) in [6.45, 7) is 0.952. The molecule has 2 aliphatic heterocycles. The lowest BCUT2D eigenvalue weighted by molar-refractivity contribution is -0.139. The highest BCUT2D eigenvalue weighted by Crippen LogP contribution is 2.31. The van der Waals surface area contributed by atoms with Gasteiger partial charge in [0.05, 0.1) is 6.61 Å². The quantitative estimate of drug-likeness (QED) is 0.750. The summed E-state index contributed by atoms with van der Waals surface area (Å²) in [5.74, 6) is -1.19. The highest BCUT2D eigenvalue weighted by atomic mass is 16.5. The third-order valence-electron chi connectivity index (χ3n) is 5.73. The Morgan fingerprint density at radius 1 is 1.15 bits per heavy atom. The molecule has 6 heteroatoms. The smallest absolute Gasteiger partial charge is 0.320 e. The predicted octanol–water partition coefficient (Wildman–Crippen LogP) is 2.21. The number of rotatable bonds is 3. The van der Waals surface area contributed by atoms with Gasteiger partial charge in [-0.1, -0.05) is 43.5 Å². The van der Waals surface area contributed by atoms with Gasteiger partial charge in [0.2, 0.25) is 0 Å². The predicted molar refractivity (Wildman–Crippen MR) is 102 cm³/mol. The third kappa shape index (κ3) is 5.15. The largest absolute Gasteiger partial charge is 0.480 e. The normalized spacial score (nSPS) is 28.0. The Hall–Kier alpha value is -1.76. The molecule has 2 unspecified atom stereocenters. The molecule has 0 radical (unpaired) electrons. The number of carbonyl (C=O) groups is 2. The van der Waals surface area contributed by atoms with Crippen LogP contribution in [0.5, 0.6) is 0 Å². The lowest BCUT2D eigenvalue weighted by Crippen LogP contribution is -2.30. The lowest BCUT2D eigenvalue weighted by Gasteiger charge is -2.26. The fourth-order valence-electron chi connectivity index (χ4n) is 4.12. The van der Waals surface area contributed by atoms with Crippen LogP contribution in [0.4, 0.5) is 0 Å². The first-order chi connectivity index (χ1) is 13.1. The highest BCUT2D eigenvalue weighted by Gasteiger charge is 2.38. The van der Waals surface area contributed by atoms with E-state index in [1.54, 1.807) is 0 Å². The van der Waals surface area contributed by atoms with Crippen LogP contribution >= 0.6 is 0 Å². The number of hydrogen-bond acceptors (Lipinski definition) is 5. The van der Waals surface area contributed by atoms with Crippen LogP contribution in [0.3, 0.4) is 0 Å². The lowest BCUT2D eigenvalue weighted by atomic mass is 9.89. The molecule has 2 heterocycles. The molecule has 0 aromatic heterocycles. The standard InChI is InChI=1S/C15H17NO4.C6H13N/c17-13(10-7-12(15(18)19)16-8-10)14-11-4-2-1-3-9(11)5-6-20-14;7-6-4-2-1-3-5-6/h1-4,10,12,14,16H,5-8H2,(H,18,19);6H,1-5,7H2/t10?,12-,14?;/m0./s1. The molecule has 1 saturated heterocycles. The third-order valence-corrected chi connectivity index (χ3v) is 5.73. The van der Waals surface area contributed by atoms with E-state index in [1.165, 1.54) is 32.1 Å². The van der Waals surface area contributed by atoms with Crippen LogP contribution in [0.25, 0.3) is 0 Å². The molecular formula is C21H30N2O4. The number of carbonyl (C=O) groups excluding carboxylic acids is 1. The summed E-state index contributed by atoms with van der Waals surface area (Å²) < 4.78 is 5.65. The van der Waals surface area contributed by atoms with Gasteiger partial charge in [0.15, 0.2) is 5.78 Å². The molecule has 27 heavy (non-hydrogen) atoms.